The zero-order chi connectivity index (χ0) is 68.9. The number of carbonyl (C=O) groups is 5. The van der Waals surface area contributed by atoms with Gasteiger partial charge in [-0.2, -0.15) is 19.9 Å². The molecule has 98 heavy (non-hydrogen) atoms. The SMILES string of the molecule is COc1ccc(C(Nc2nc(N3CC[C@@H](NC(=O)N[C@@H]4CCN(c5nc(NC(c6ccc(OC)cc6)c6ccc(OC)cc6)c6ncn(C7CC(NC(=O)COC(C)=O)C(O)C7O)c6n5)C4)C3)nc3c2ncn3C2CC(NC(=O)COC(C)=O)C(O)C2O)c2ccc(OC)cc2)cc1. The van der Waals surface area contributed by atoms with Crippen LogP contribution in [0.1, 0.15) is 86.0 Å². The summed E-state index contributed by atoms with van der Waals surface area (Å²) in [6.45, 7) is 2.68. The van der Waals surface area contributed by atoms with Gasteiger partial charge in [0.25, 0.3) is 11.8 Å². The molecule has 8 unspecified atom stereocenters. The third kappa shape index (κ3) is 14.7. The first-order valence-electron chi connectivity index (χ1n) is 32.1. The molecule has 4 aromatic carbocycles. The minimum Gasteiger partial charge on any atom is -0.497 e. The topological polar surface area (TPSA) is 388 Å². The van der Waals surface area contributed by atoms with Crippen molar-refractivity contribution in [1.82, 2.24) is 60.3 Å². The van der Waals surface area contributed by atoms with Gasteiger partial charge in [-0.25, -0.2) is 14.8 Å². The maximum Gasteiger partial charge on any atom is 0.315 e. The number of hydrogen-bond acceptors (Lipinski definition) is 25. The van der Waals surface area contributed by atoms with Gasteiger partial charge >= 0.3 is 18.0 Å². The Labute approximate surface area is 562 Å². The smallest absolute Gasteiger partial charge is 0.315 e. The molecule has 516 valence electrons. The zero-order valence-corrected chi connectivity index (χ0v) is 54.6. The minimum absolute atomic E-state index is 0.0679. The van der Waals surface area contributed by atoms with E-state index in [1.165, 1.54) is 26.5 Å². The van der Waals surface area contributed by atoms with E-state index >= 15 is 0 Å². The number of amides is 4. The van der Waals surface area contributed by atoms with Crippen LogP contribution in [0.15, 0.2) is 110 Å². The van der Waals surface area contributed by atoms with Crippen molar-refractivity contribution >= 4 is 75.6 Å². The Balaban J connectivity index is 0.797. The molecule has 2 saturated heterocycles. The first kappa shape index (κ1) is 67.4. The molecule has 10 N–H and O–H groups in total. The maximum atomic E-state index is 14.2. The second kappa shape index (κ2) is 29.4. The number of hydrogen-bond donors (Lipinski definition) is 10. The van der Waals surface area contributed by atoms with Crippen LogP contribution in [-0.2, 0) is 28.7 Å². The van der Waals surface area contributed by atoms with Crippen molar-refractivity contribution < 1.29 is 72.8 Å². The zero-order valence-electron chi connectivity index (χ0n) is 54.6. The number of urea groups is 1. The van der Waals surface area contributed by atoms with Crippen LogP contribution in [-0.4, -0.2) is 206 Å². The number of nitrogens with zero attached hydrogens (tertiary/aromatic N) is 10. The molecule has 4 aliphatic rings. The summed E-state index contributed by atoms with van der Waals surface area (Å²) in [5, 5.41) is 64.8. The number of carbonyl (C=O) groups excluding carboxylic acids is 5. The summed E-state index contributed by atoms with van der Waals surface area (Å²) in [5.41, 5.74) is 4.76. The molecular weight excluding hydrogens is 1270 g/mol. The number of benzene rings is 4. The summed E-state index contributed by atoms with van der Waals surface area (Å²) in [7, 11) is 6.37. The summed E-state index contributed by atoms with van der Waals surface area (Å²) in [6.07, 6.45) is -1.37. The number of rotatable bonds is 24. The summed E-state index contributed by atoms with van der Waals surface area (Å²) in [5.74, 6) is 1.30. The van der Waals surface area contributed by atoms with E-state index in [4.69, 9.17) is 58.3 Å². The third-order valence-electron chi connectivity index (χ3n) is 18.3. The number of fused-ring (bicyclic) bond motifs is 2. The predicted molar refractivity (Wildman–Crippen MR) is 355 cm³/mol. The number of aliphatic hydroxyl groups is 4. The van der Waals surface area contributed by atoms with Gasteiger partial charge < -0.3 is 99.7 Å². The fourth-order valence-corrected chi connectivity index (χ4v) is 13.2. The molecule has 4 fully saturated rings. The number of ether oxygens (including phenoxy) is 6. The van der Waals surface area contributed by atoms with Crippen molar-refractivity contribution in [2.75, 3.05) is 88.3 Å². The van der Waals surface area contributed by atoms with Gasteiger partial charge in [-0.3, -0.25) is 19.2 Å². The first-order chi connectivity index (χ1) is 47.3. The molecule has 4 aromatic heterocycles. The van der Waals surface area contributed by atoms with Gasteiger partial charge in [-0.15, -0.1) is 0 Å². The molecule has 2 aliphatic heterocycles. The van der Waals surface area contributed by atoms with E-state index in [9.17, 15) is 44.4 Å². The first-order valence-corrected chi connectivity index (χ1v) is 32.1. The van der Waals surface area contributed by atoms with Gasteiger partial charge in [0.1, 0.15) is 47.4 Å². The van der Waals surface area contributed by atoms with Gasteiger partial charge in [0.2, 0.25) is 11.9 Å². The molecule has 31 heteroatoms. The Morgan fingerprint density at radius 1 is 0.480 bits per heavy atom. The van der Waals surface area contributed by atoms with Crippen molar-refractivity contribution in [3.05, 3.63) is 132 Å². The van der Waals surface area contributed by atoms with E-state index in [0.29, 0.717) is 96.0 Å². The predicted octanol–water partition coefficient (Wildman–Crippen LogP) is 2.99. The average Bonchev–Trinajstić information content (AvgIpc) is 1.59. The molecule has 4 amide bonds. The summed E-state index contributed by atoms with van der Waals surface area (Å²) in [6, 6.07) is 24.7. The third-order valence-corrected chi connectivity index (χ3v) is 18.3. The second-order valence-electron chi connectivity index (χ2n) is 24.6. The molecule has 6 heterocycles. The number of aromatic nitrogens is 8. The van der Waals surface area contributed by atoms with E-state index in [1.54, 1.807) is 37.6 Å². The van der Waals surface area contributed by atoms with E-state index in [-0.39, 0.29) is 36.8 Å². The fraction of sp³-hybridized carbons (Fsp3) is 0.418. The number of esters is 2. The van der Waals surface area contributed by atoms with Crippen molar-refractivity contribution in [2.24, 2.45) is 0 Å². The molecule has 0 bridgehead atoms. The lowest BCUT2D eigenvalue weighted by Crippen LogP contribution is -2.48. The highest BCUT2D eigenvalue weighted by atomic mass is 16.5. The molecular formula is C67H78N16O15. The minimum atomic E-state index is -1.40. The van der Waals surface area contributed by atoms with Crippen LogP contribution >= 0.6 is 0 Å². The van der Waals surface area contributed by atoms with Crippen LogP contribution in [0.2, 0.25) is 0 Å². The average molecular weight is 1350 g/mol. The van der Waals surface area contributed by atoms with Crippen LogP contribution in [0.3, 0.4) is 0 Å². The number of methoxy groups -OCH3 is 4. The monoisotopic (exact) mass is 1350 g/mol. The Bertz CT molecular complexity index is 3810. The van der Waals surface area contributed by atoms with Crippen molar-refractivity contribution in [3.63, 3.8) is 0 Å². The highest BCUT2D eigenvalue weighted by molar-refractivity contribution is 5.87. The van der Waals surface area contributed by atoms with Crippen molar-refractivity contribution in [3.8, 4) is 23.0 Å². The van der Waals surface area contributed by atoms with Crippen LogP contribution in [0.5, 0.6) is 23.0 Å². The van der Waals surface area contributed by atoms with E-state index in [0.717, 1.165) is 22.3 Å². The highest BCUT2D eigenvalue weighted by Gasteiger charge is 2.46. The Kier molecular flexibility index (Phi) is 20.2. The van der Waals surface area contributed by atoms with Gasteiger partial charge in [0.15, 0.2) is 47.2 Å². The van der Waals surface area contributed by atoms with Crippen LogP contribution in [0.4, 0.5) is 28.3 Å². The van der Waals surface area contributed by atoms with Crippen LogP contribution in [0, 0.1) is 0 Å². The summed E-state index contributed by atoms with van der Waals surface area (Å²) >= 11 is 0. The summed E-state index contributed by atoms with van der Waals surface area (Å²) < 4.78 is 35.1. The van der Waals surface area contributed by atoms with Gasteiger partial charge in [-0.1, -0.05) is 48.5 Å². The Hall–Kier alpha value is -10.6. The molecule has 2 aliphatic carbocycles. The molecule has 2 saturated carbocycles. The van der Waals surface area contributed by atoms with Crippen molar-refractivity contribution in [1.29, 1.82) is 0 Å². The molecule has 0 radical (unpaired) electrons. The van der Waals surface area contributed by atoms with E-state index in [2.05, 4.69) is 31.9 Å². The number of imidazole rings is 2. The molecule has 8 aromatic rings. The second-order valence-corrected chi connectivity index (χ2v) is 24.6. The Morgan fingerprint density at radius 3 is 1.13 bits per heavy atom. The number of aliphatic hydroxyl groups excluding tert-OH is 4. The largest absolute Gasteiger partial charge is 0.497 e. The molecule has 0 spiro atoms. The lowest BCUT2D eigenvalue weighted by molar-refractivity contribution is -0.147. The number of nitrogens with one attached hydrogen (secondary N) is 6. The molecule has 10 atom stereocenters. The fourth-order valence-electron chi connectivity index (χ4n) is 13.2. The molecule has 31 nitrogen and oxygen atoms in total. The van der Waals surface area contributed by atoms with Crippen molar-refractivity contribution in [2.45, 2.75) is 112 Å². The summed E-state index contributed by atoms with van der Waals surface area (Å²) in [4.78, 5) is 96.7. The van der Waals surface area contributed by atoms with E-state index in [1.807, 2.05) is 107 Å². The standard InChI is InChI=1S/C67H78N16O15/c1-35(84)97-31-51(86)72-47-27-49(59(90)57(47)88)82-33-68-55-61(74-53(37-7-15-43(93-3)16-8-37)38-9-17-44(94-4)18-10-38)76-65(78-63(55)82)80-25-23-41(29-80)70-67(92)71-42-24-26-81(30-42)66-77-62(75-54(39-11-19-45(95-5)20-12-39)40-13-21-46(96-6)22-14-40)56-64(79-66)83(34-69-56)50-28-48(58(89)60(50)91)73-52(87)32-98-36(2)85/h7-22,33-34,41-42,47-50,53-54,57-60,88-91H,23-32H2,1-6H3,(H,72,86)(H,73,87)(H2,70,71,92)(H,74,76,78)(H,75,77,79)/t41-,42-,47?,48?,49?,50?,57?,58?,59?,60?/m1/s1. The lowest BCUT2D eigenvalue weighted by Gasteiger charge is -2.24. The number of anilines is 4. The maximum absolute atomic E-state index is 14.2. The normalized spacial score (nSPS) is 22.1. The van der Waals surface area contributed by atoms with Crippen LogP contribution in [0.25, 0.3) is 22.3 Å². The van der Waals surface area contributed by atoms with Crippen LogP contribution < -0.4 is 60.6 Å². The molecule has 12 rings (SSSR count). The van der Waals surface area contributed by atoms with E-state index < -0.39 is 104 Å². The highest BCUT2D eigenvalue weighted by Crippen LogP contribution is 2.40. The Morgan fingerprint density at radius 2 is 0.816 bits per heavy atom. The quantitative estimate of drug-likeness (QED) is 0.0389. The lowest BCUT2D eigenvalue weighted by atomic mass is 9.98. The van der Waals surface area contributed by atoms with Gasteiger partial charge in [-0.05, 0) is 96.5 Å². The van der Waals surface area contributed by atoms with Gasteiger partial charge in [0.05, 0.1) is 77.3 Å². The van der Waals surface area contributed by atoms with Gasteiger partial charge in [0, 0.05) is 52.1 Å².